The fraction of sp³-hybridized carbons (Fsp3) is 0. The van der Waals surface area contributed by atoms with Gasteiger partial charge in [0.15, 0.2) is 0 Å². The van der Waals surface area contributed by atoms with Crippen LogP contribution in [0.15, 0.2) is 97.1 Å². The highest BCUT2D eigenvalue weighted by molar-refractivity contribution is 6.49. The normalized spacial score (nSPS) is 13.0. The summed E-state index contributed by atoms with van der Waals surface area (Å²) in [4.78, 5) is 0. The van der Waals surface area contributed by atoms with Gasteiger partial charge in [-0.05, 0) is 86.2 Å². The molecule has 0 nitrogen and oxygen atoms in total. The number of hydrogen-bond donors (Lipinski definition) is 0. The van der Waals surface area contributed by atoms with Crippen LogP contribution in [0.25, 0.3) is 86.2 Å². The van der Waals surface area contributed by atoms with Crippen LogP contribution >= 0.6 is 0 Å². The number of benzene rings is 9. The molecular formula is C32H16. The summed E-state index contributed by atoms with van der Waals surface area (Å²) in [7, 11) is 0. The fourth-order valence-electron chi connectivity index (χ4n) is 6.70. The zero-order valence-electron chi connectivity index (χ0n) is 17.2. The Balaban J connectivity index is 1.82. The Labute approximate surface area is 183 Å². The maximum absolute atomic E-state index is 2.37. The number of rotatable bonds is 0. The van der Waals surface area contributed by atoms with E-state index in [9.17, 15) is 0 Å². The summed E-state index contributed by atoms with van der Waals surface area (Å²) in [5.41, 5.74) is 0. The molecule has 144 valence electrons. The Morgan fingerprint density at radius 2 is 0.625 bits per heavy atom. The van der Waals surface area contributed by atoms with Crippen LogP contribution in [-0.2, 0) is 0 Å². The molecule has 0 aliphatic heterocycles. The molecule has 0 atom stereocenters. The third kappa shape index (κ3) is 1.54. The standard InChI is InChI=1S/C32H16/c1-2-7-20-19(6-1)21-9-4-10-23-25-14-13-18-12-11-17-5-3-8-22-26-16-15-24(20)31(29(21)23)32(26)30(25)28(18)27(17)22/h1-16H. The Kier molecular flexibility index (Phi) is 2.44. The molecule has 0 aliphatic carbocycles. The first-order valence-electron chi connectivity index (χ1n) is 11.3. The van der Waals surface area contributed by atoms with E-state index in [0.717, 1.165) is 0 Å². The highest BCUT2D eigenvalue weighted by Gasteiger charge is 2.22. The van der Waals surface area contributed by atoms with Crippen molar-refractivity contribution in [3.05, 3.63) is 97.1 Å². The van der Waals surface area contributed by atoms with Crippen molar-refractivity contribution in [3.8, 4) is 0 Å². The van der Waals surface area contributed by atoms with Crippen molar-refractivity contribution in [1.82, 2.24) is 0 Å². The molecule has 0 aromatic heterocycles. The molecule has 0 saturated heterocycles. The van der Waals surface area contributed by atoms with Crippen LogP contribution in [0, 0.1) is 0 Å². The molecular weight excluding hydrogens is 384 g/mol. The van der Waals surface area contributed by atoms with Gasteiger partial charge in [0, 0.05) is 0 Å². The van der Waals surface area contributed by atoms with Gasteiger partial charge >= 0.3 is 0 Å². The van der Waals surface area contributed by atoms with Gasteiger partial charge in [-0.15, -0.1) is 0 Å². The van der Waals surface area contributed by atoms with Gasteiger partial charge < -0.3 is 0 Å². The van der Waals surface area contributed by atoms with E-state index in [-0.39, 0.29) is 0 Å². The zero-order chi connectivity index (χ0) is 20.6. The Hall–Kier alpha value is -4.16. The molecule has 0 radical (unpaired) electrons. The Morgan fingerprint density at radius 1 is 0.219 bits per heavy atom. The molecule has 0 aliphatic rings. The first-order chi connectivity index (χ1) is 15.9. The average Bonchev–Trinajstić information content (AvgIpc) is 2.86. The van der Waals surface area contributed by atoms with E-state index < -0.39 is 0 Å². The molecule has 0 bridgehead atoms. The second kappa shape index (κ2) is 5.00. The lowest BCUT2D eigenvalue weighted by Crippen LogP contribution is -1.94. The third-order valence-electron chi connectivity index (χ3n) is 7.88. The lowest BCUT2D eigenvalue weighted by Gasteiger charge is -2.22. The van der Waals surface area contributed by atoms with Crippen LogP contribution in [-0.4, -0.2) is 0 Å². The lowest BCUT2D eigenvalue weighted by molar-refractivity contribution is 1.80. The van der Waals surface area contributed by atoms with E-state index >= 15 is 0 Å². The van der Waals surface area contributed by atoms with Gasteiger partial charge in [0.25, 0.3) is 0 Å². The topological polar surface area (TPSA) is 0 Å². The van der Waals surface area contributed by atoms with Crippen LogP contribution in [0.3, 0.4) is 0 Å². The summed E-state index contributed by atoms with van der Waals surface area (Å²) in [6.07, 6.45) is 0. The molecule has 32 heavy (non-hydrogen) atoms. The molecule has 9 aromatic carbocycles. The van der Waals surface area contributed by atoms with Gasteiger partial charge in [-0.1, -0.05) is 97.1 Å². The number of hydrogen-bond acceptors (Lipinski definition) is 0. The van der Waals surface area contributed by atoms with Crippen molar-refractivity contribution < 1.29 is 0 Å². The monoisotopic (exact) mass is 400 g/mol. The molecule has 0 unspecified atom stereocenters. The molecule has 9 rings (SSSR count). The maximum atomic E-state index is 2.37. The molecule has 0 heterocycles. The predicted octanol–water partition coefficient (Wildman–Crippen LogP) is 9.23. The SMILES string of the molecule is c1ccc2c(c1)c1cccc3c4ccc5ccc6cccc7c8ccc2c(c13)c8c4c5c67. The fourth-order valence-corrected chi connectivity index (χ4v) is 6.70. The minimum atomic E-state index is 1.33. The summed E-state index contributed by atoms with van der Waals surface area (Å²) in [5.74, 6) is 0. The summed E-state index contributed by atoms with van der Waals surface area (Å²) in [6, 6.07) is 36.5. The molecule has 9 aromatic rings. The largest absolute Gasteiger partial charge is 0.0616 e. The second-order valence-electron chi connectivity index (χ2n) is 9.24. The van der Waals surface area contributed by atoms with Gasteiger partial charge in [-0.2, -0.15) is 0 Å². The maximum Gasteiger partial charge on any atom is -0.000718 e. The van der Waals surface area contributed by atoms with Crippen LogP contribution in [0.1, 0.15) is 0 Å². The van der Waals surface area contributed by atoms with E-state index in [1.54, 1.807) is 0 Å². The van der Waals surface area contributed by atoms with Crippen molar-refractivity contribution in [2.24, 2.45) is 0 Å². The summed E-state index contributed by atoms with van der Waals surface area (Å²) in [5, 5.41) is 22.1. The molecule has 0 spiro atoms. The van der Waals surface area contributed by atoms with Crippen molar-refractivity contribution in [1.29, 1.82) is 0 Å². The lowest BCUT2D eigenvalue weighted by atomic mass is 9.80. The van der Waals surface area contributed by atoms with E-state index in [0.29, 0.717) is 0 Å². The van der Waals surface area contributed by atoms with Crippen LogP contribution < -0.4 is 0 Å². The van der Waals surface area contributed by atoms with Gasteiger partial charge in [-0.3, -0.25) is 0 Å². The average molecular weight is 400 g/mol. The minimum Gasteiger partial charge on any atom is -0.0616 e. The molecule has 0 fully saturated rings. The van der Waals surface area contributed by atoms with Crippen molar-refractivity contribution in [2.45, 2.75) is 0 Å². The molecule has 0 N–H and O–H groups in total. The Morgan fingerprint density at radius 3 is 1.38 bits per heavy atom. The predicted molar refractivity (Wildman–Crippen MR) is 140 cm³/mol. The van der Waals surface area contributed by atoms with Gasteiger partial charge in [0.2, 0.25) is 0 Å². The number of fused-ring (bicyclic) bond motifs is 5. The summed E-state index contributed by atoms with van der Waals surface area (Å²) >= 11 is 0. The van der Waals surface area contributed by atoms with E-state index in [1.807, 2.05) is 0 Å². The van der Waals surface area contributed by atoms with Gasteiger partial charge in [0.05, 0.1) is 0 Å². The summed E-state index contributed by atoms with van der Waals surface area (Å²) < 4.78 is 0. The highest BCUT2D eigenvalue weighted by Crippen LogP contribution is 2.51. The van der Waals surface area contributed by atoms with Crippen LogP contribution in [0.4, 0.5) is 0 Å². The Bertz CT molecular complexity index is 2180. The molecule has 0 amide bonds. The van der Waals surface area contributed by atoms with Gasteiger partial charge in [0.1, 0.15) is 0 Å². The third-order valence-corrected chi connectivity index (χ3v) is 7.88. The minimum absolute atomic E-state index is 1.33. The smallest absolute Gasteiger partial charge is 0.000718 e. The van der Waals surface area contributed by atoms with Crippen LogP contribution in [0.5, 0.6) is 0 Å². The van der Waals surface area contributed by atoms with Crippen molar-refractivity contribution in [3.63, 3.8) is 0 Å². The van der Waals surface area contributed by atoms with Crippen molar-refractivity contribution in [2.75, 3.05) is 0 Å². The first-order valence-corrected chi connectivity index (χ1v) is 11.3. The second-order valence-corrected chi connectivity index (χ2v) is 9.24. The zero-order valence-corrected chi connectivity index (χ0v) is 17.2. The first kappa shape index (κ1) is 15.6. The molecule has 0 saturated carbocycles. The van der Waals surface area contributed by atoms with Crippen molar-refractivity contribution >= 4 is 86.2 Å². The van der Waals surface area contributed by atoms with Crippen LogP contribution in [0.2, 0.25) is 0 Å². The molecule has 0 heteroatoms. The quantitative estimate of drug-likeness (QED) is 0.176. The summed E-state index contributed by atoms with van der Waals surface area (Å²) in [6.45, 7) is 0. The van der Waals surface area contributed by atoms with E-state index in [1.165, 1.54) is 86.2 Å². The highest BCUT2D eigenvalue weighted by atomic mass is 14.2. The van der Waals surface area contributed by atoms with Gasteiger partial charge in [-0.25, -0.2) is 0 Å². The van der Waals surface area contributed by atoms with E-state index in [4.69, 9.17) is 0 Å². The van der Waals surface area contributed by atoms with E-state index in [2.05, 4.69) is 97.1 Å².